The first-order chi connectivity index (χ1) is 18.2. The van der Waals surface area contributed by atoms with Crippen LogP contribution in [0.5, 0.6) is 5.75 Å². The second kappa shape index (κ2) is 11.8. The molecule has 0 aromatic heterocycles. The summed E-state index contributed by atoms with van der Waals surface area (Å²) in [6.45, 7) is 0.425. The molecule has 0 aliphatic heterocycles. The van der Waals surface area contributed by atoms with Gasteiger partial charge in [0.05, 0.1) is 16.1 Å². The molecule has 0 bridgehead atoms. The van der Waals surface area contributed by atoms with Crippen molar-refractivity contribution in [3.05, 3.63) is 83.8 Å². The third kappa shape index (κ3) is 7.76. The molecule has 3 N–H and O–H groups in total. The topological polar surface area (TPSA) is 91.3 Å². The van der Waals surface area contributed by atoms with Crippen LogP contribution in [-0.2, 0) is 16.2 Å². The van der Waals surface area contributed by atoms with Gasteiger partial charge in [0, 0.05) is 35.7 Å². The van der Waals surface area contributed by atoms with Crippen molar-refractivity contribution in [1.29, 1.82) is 5.41 Å². The third-order valence-corrected chi connectivity index (χ3v) is 6.57. The van der Waals surface area contributed by atoms with Crippen molar-refractivity contribution in [2.75, 3.05) is 4.72 Å². The summed E-state index contributed by atoms with van der Waals surface area (Å²) in [6, 6.07) is 10.0. The number of hydrogen-bond acceptors (Lipinski definition) is 5. The van der Waals surface area contributed by atoms with E-state index in [1.54, 1.807) is 0 Å². The Balaban J connectivity index is 2.16. The van der Waals surface area contributed by atoms with Crippen molar-refractivity contribution in [1.82, 2.24) is 5.32 Å². The minimum atomic E-state index is -4.79. The van der Waals surface area contributed by atoms with Crippen LogP contribution >= 0.6 is 0 Å². The summed E-state index contributed by atoms with van der Waals surface area (Å²) >= 11 is 0. The fourth-order valence-corrected chi connectivity index (χ4v) is 4.57. The molecule has 0 atom stereocenters. The van der Waals surface area contributed by atoms with Gasteiger partial charge >= 0.3 is 12.8 Å². The molecular formula is C26H23F6N3O3S. The highest BCUT2D eigenvalue weighted by Crippen LogP contribution is 2.34. The Kier molecular flexibility index (Phi) is 8.95. The first-order valence-electron chi connectivity index (χ1n) is 11.3. The highest BCUT2D eigenvalue weighted by Gasteiger charge is 2.32. The van der Waals surface area contributed by atoms with Gasteiger partial charge in [0.25, 0.3) is 10.0 Å². The minimum absolute atomic E-state index is 0.0509. The molecule has 208 valence electrons. The standard InChI is InChI=1S/C26H23F6N3O3S/c1-15(2)34-14-18(13-33)23-7-6-16(17-8-20(27)12-21(9-17)38-25(28)29)10-24(23)35-39(36,37)22-5-3-4-19(11-22)26(30,31)32/h3-15,25,33-35H,1-2H3/b18-14+,33-13?. The van der Waals surface area contributed by atoms with E-state index in [-0.39, 0.29) is 34.0 Å². The number of allylic oxidation sites excluding steroid dienone is 1. The van der Waals surface area contributed by atoms with Crippen LogP contribution in [0.25, 0.3) is 16.7 Å². The van der Waals surface area contributed by atoms with E-state index in [9.17, 15) is 34.8 Å². The van der Waals surface area contributed by atoms with Crippen LogP contribution in [-0.4, -0.2) is 27.3 Å². The van der Waals surface area contributed by atoms with Gasteiger partial charge in [-0.2, -0.15) is 22.0 Å². The van der Waals surface area contributed by atoms with Crippen molar-refractivity contribution in [3.8, 4) is 16.9 Å². The molecule has 13 heteroatoms. The predicted octanol–water partition coefficient (Wildman–Crippen LogP) is 6.90. The molecule has 0 spiro atoms. The minimum Gasteiger partial charge on any atom is -0.435 e. The van der Waals surface area contributed by atoms with E-state index in [4.69, 9.17) is 5.41 Å². The maximum atomic E-state index is 14.2. The van der Waals surface area contributed by atoms with Crippen LogP contribution in [0.1, 0.15) is 25.0 Å². The average Bonchev–Trinajstić information content (AvgIpc) is 2.83. The van der Waals surface area contributed by atoms with Crippen LogP contribution < -0.4 is 14.8 Å². The van der Waals surface area contributed by atoms with Gasteiger partial charge in [0.15, 0.2) is 0 Å². The summed E-state index contributed by atoms with van der Waals surface area (Å²) in [4.78, 5) is -0.673. The van der Waals surface area contributed by atoms with Gasteiger partial charge in [-0.25, -0.2) is 12.8 Å². The van der Waals surface area contributed by atoms with E-state index in [0.717, 1.165) is 42.6 Å². The number of benzene rings is 3. The number of hydrogen-bond donors (Lipinski definition) is 3. The Morgan fingerprint density at radius 3 is 2.33 bits per heavy atom. The zero-order valence-corrected chi connectivity index (χ0v) is 21.3. The Morgan fingerprint density at radius 1 is 1.00 bits per heavy atom. The van der Waals surface area contributed by atoms with Gasteiger partial charge in [-0.05, 0) is 61.4 Å². The fourth-order valence-electron chi connectivity index (χ4n) is 3.46. The first kappa shape index (κ1) is 29.6. The van der Waals surface area contributed by atoms with Crippen LogP contribution in [0.3, 0.4) is 0 Å². The summed E-state index contributed by atoms with van der Waals surface area (Å²) in [6.07, 6.45) is -2.40. The summed E-state index contributed by atoms with van der Waals surface area (Å²) in [7, 11) is -4.59. The number of alkyl halides is 5. The molecule has 0 radical (unpaired) electrons. The molecule has 6 nitrogen and oxygen atoms in total. The lowest BCUT2D eigenvalue weighted by atomic mass is 9.99. The maximum Gasteiger partial charge on any atom is 0.416 e. The SMILES string of the molecule is CC(C)N/C=C(\C=N)c1ccc(-c2cc(F)cc(OC(F)F)c2)cc1NS(=O)(=O)c1cccc(C(F)(F)F)c1. The highest BCUT2D eigenvalue weighted by atomic mass is 32.2. The fraction of sp³-hybridized carbons (Fsp3) is 0.192. The van der Waals surface area contributed by atoms with Gasteiger partial charge in [-0.3, -0.25) is 4.72 Å². The number of nitrogens with one attached hydrogen (secondary N) is 3. The monoisotopic (exact) mass is 571 g/mol. The number of ether oxygens (including phenoxy) is 1. The Bertz CT molecular complexity index is 1490. The average molecular weight is 572 g/mol. The molecule has 0 aliphatic carbocycles. The van der Waals surface area contributed by atoms with Gasteiger partial charge in [0.2, 0.25) is 0 Å². The second-order valence-electron chi connectivity index (χ2n) is 8.51. The Hall–Kier alpha value is -4.00. The molecule has 3 rings (SSSR count). The van der Waals surface area contributed by atoms with Crippen molar-refractivity contribution >= 4 is 27.5 Å². The molecule has 0 saturated heterocycles. The number of halogens is 6. The van der Waals surface area contributed by atoms with Crippen molar-refractivity contribution in [2.24, 2.45) is 0 Å². The molecule has 0 heterocycles. The predicted molar refractivity (Wildman–Crippen MR) is 136 cm³/mol. The van der Waals surface area contributed by atoms with Crippen LogP contribution in [0.2, 0.25) is 0 Å². The lowest BCUT2D eigenvalue weighted by Gasteiger charge is -2.17. The van der Waals surface area contributed by atoms with Gasteiger partial charge in [0.1, 0.15) is 11.6 Å². The normalized spacial score (nSPS) is 12.5. The largest absolute Gasteiger partial charge is 0.435 e. The Labute approximate surface area is 220 Å². The van der Waals surface area contributed by atoms with Crippen LogP contribution in [0, 0.1) is 11.2 Å². The molecule has 0 unspecified atom stereocenters. The number of anilines is 1. The molecule has 3 aromatic rings. The van der Waals surface area contributed by atoms with E-state index in [1.807, 2.05) is 13.8 Å². The third-order valence-electron chi connectivity index (χ3n) is 5.20. The summed E-state index contributed by atoms with van der Waals surface area (Å²) in [5.74, 6) is -1.38. The van der Waals surface area contributed by atoms with E-state index < -0.39 is 44.8 Å². The molecule has 0 saturated carbocycles. The van der Waals surface area contributed by atoms with E-state index >= 15 is 0 Å². The molecule has 3 aromatic carbocycles. The molecule has 0 fully saturated rings. The van der Waals surface area contributed by atoms with Gasteiger partial charge < -0.3 is 15.5 Å². The second-order valence-corrected chi connectivity index (χ2v) is 10.2. The van der Waals surface area contributed by atoms with E-state index in [0.29, 0.717) is 6.07 Å². The lowest BCUT2D eigenvalue weighted by Crippen LogP contribution is -2.18. The Morgan fingerprint density at radius 2 is 1.72 bits per heavy atom. The summed E-state index contributed by atoms with van der Waals surface area (Å²) < 4.78 is 112. The van der Waals surface area contributed by atoms with Crippen LogP contribution in [0.4, 0.5) is 32.0 Å². The van der Waals surface area contributed by atoms with Crippen LogP contribution in [0.15, 0.2) is 71.8 Å². The summed E-state index contributed by atoms with van der Waals surface area (Å²) in [5.41, 5.74) is -0.744. The first-order valence-corrected chi connectivity index (χ1v) is 12.7. The van der Waals surface area contributed by atoms with Crippen molar-refractivity contribution in [2.45, 2.75) is 37.6 Å². The smallest absolute Gasteiger partial charge is 0.416 e. The quantitative estimate of drug-likeness (QED) is 0.182. The zero-order valence-electron chi connectivity index (χ0n) is 20.5. The van der Waals surface area contributed by atoms with Gasteiger partial charge in [-0.1, -0.05) is 18.2 Å². The summed E-state index contributed by atoms with van der Waals surface area (Å²) in [5, 5.41) is 10.8. The lowest BCUT2D eigenvalue weighted by molar-refractivity contribution is -0.137. The molecule has 0 aliphatic rings. The highest BCUT2D eigenvalue weighted by molar-refractivity contribution is 7.92. The zero-order chi connectivity index (χ0) is 29.0. The maximum absolute atomic E-state index is 14.2. The molecule has 39 heavy (non-hydrogen) atoms. The van der Waals surface area contributed by atoms with E-state index in [2.05, 4.69) is 14.8 Å². The van der Waals surface area contributed by atoms with E-state index in [1.165, 1.54) is 24.4 Å². The number of sulfonamides is 1. The van der Waals surface area contributed by atoms with Crippen molar-refractivity contribution in [3.63, 3.8) is 0 Å². The number of rotatable bonds is 10. The molecule has 0 amide bonds. The van der Waals surface area contributed by atoms with Gasteiger partial charge in [-0.15, -0.1) is 0 Å². The van der Waals surface area contributed by atoms with Crippen molar-refractivity contribution < 1.29 is 39.5 Å². The molecular weight excluding hydrogens is 548 g/mol.